The first-order valence-corrected chi connectivity index (χ1v) is 11.5. The van der Waals surface area contributed by atoms with Gasteiger partial charge < -0.3 is 10.1 Å². The quantitative estimate of drug-likeness (QED) is 0.575. The molecule has 0 radical (unpaired) electrons. The van der Waals surface area contributed by atoms with Gasteiger partial charge in [0.25, 0.3) is 0 Å². The zero-order chi connectivity index (χ0) is 22.5. The van der Waals surface area contributed by atoms with Gasteiger partial charge in [0, 0.05) is 18.6 Å². The number of imide groups is 1. The molecule has 0 unspecified atom stereocenters. The van der Waals surface area contributed by atoms with Crippen LogP contribution < -0.4 is 15.0 Å². The van der Waals surface area contributed by atoms with E-state index in [-0.39, 0.29) is 30.6 Å². The highest BCUT2D eigenvalue weighted by atomic mass is 35.5. The van der Waals surface area contributed by atoms with Gasteiger partial charge in [0.05, 0.1) is 28.3 Å². The van der Waals surface area contributed by atoms with Crippen molar-refractivity contribution >= 4 is 52.5 Å². The first-order chi connectivity index (χ1) is 14.8. The number of anilines is 2. The highest BCUT2D eigenvalue weighted by molar-refractivity contribution is 8.00. The third-order valence-corrected chi connectivity index (χ3v) is 6.36. The van der Waals surface area contributed by atoms with Gasteiger partial charge in [0.2, 0.25) is 17.7 Å². The van der Waals surface area contributed by atoms with E-state index >= 15 is 0 Å². The van der Waals surface area contributed by atoms with E-state index in [9.17, 15) is 14.4 Å². The minimum atomic E-state index is -0.489. The van der Waals surface area contributed by atoms with Crippen LogP contribution in [0.5, 0.6) is 5.75 Å². The molecule has 2 aromatic rings. The number of hydrogen-bond donors (Lipinski definition) is 1. The third kappa shape index (κ3) is 5.60. The second-order valence-corrected chi connectivity index (χ2v) is 9.01. The summed E-state index contributed by atoms with van der Waals surface area (Å²) in [5, 5.41) is 2.85. The number of carbonyl (C=O) groups is 3. The molecule has 6 nitrogen and oxygen atoms in total. The van der Waals surface area contributed by atoms with Crippen molar-refractivity contribution in [1.29, 1.82) is 0 Å². The number of ether oxygens (including phenoxy) is 1. The molecule has 0 bridgehead atoms. The maximum Gasteiger partial charge on any atom is 0.247 e. The highest BCUT2D eigenvalue weighted by Gasteiger charge is 2.39. The van der Waals surface area contributed by atoms with Crippen LogP contribution in [0.1, 0.15) is 30.9 Å². The Balaban J connectivity index is 1.54. The monoisotopic (exact) mass is 460 g/mol. The molecular weight excluding hydrogens is 436 g/mol. The molecule has 8 heteroatoms. The largest absolute Gasteiger partial charge is 0.494 e. The summed E-state index contributed by atoms with van der Waals surface area (Å²) in [4.78, 5) is 38.7. The third-order valence-electron chi connectivity index (χ3n) is 4.86. The maximum atomic E-state index is 12.7. The predicted molar refractivity (Wildman–Crippen MR) is 125 cm³/mol. The number of nitrogens with zero attached hydrogens (tertiary/aromatic N) is 1. The number of benzene rings is 2. The van der Waals surface area contributed by atoms with Crippen LogP contribution in [0.3, 0.4) is 0 Å². The number of aryl methyl sites for hydroxylation is 2. The lowest BCUT2D eigenvalue weighted by molar-refractivity contribution is -0.121. The van der Waals surface area contributed by atoms with Crippen molar-refractivity contribution in [2.45, 2.75) is 38.9 Å². The summed E-state index contributed by atoms with van der Waals surface area (Å²) >= 11 is 7.56. The molecule has 1 N–H and O–H groups in total. The average molecular weight is 461 g/mol. The number of hydrogen-bond acceptors (Lipinski definition) is 5. The summed E-state index contributed by atoms with van der Waals surface area (Å²) in [6, 6.07) is 10.6. The van der Waals surface area contributed by atoms with E-state index in [4.69, 9.17) is 16.3 Å². The van der Waals surface area contributed by atoms with Gasteiger partial charge in [-0.05, 0) is 62.2 Å². The van der Waals surface area contributed by atoms with Crippen LogP contribution in [0.2, 0.25) is 5.02 Å². The normalized spacial score (nSPS) is 16.0. The topological polar surface area (TPSA) is 75.7 Å². The lowest BCUT2D eigenvalue weighted by Crippen LogP contribution is -2.31. The molecular formula is C23H25ClN2O4S. The van der Waals surface area contributed by atoms with Gasteiger partial charge in [0.1, 0.15) is 5.75 Å². The van der Waals surface area contributed by atoms with Crippen molar-refractivity contribution in [2.24, 2.45) is 0 Å². The molecule has 31 heavy (non-hydrogen) atoms. The van der Waals surface area contributed by atoms with E-state index in [2.05, 4.69) is 5.32 Å². The van der Waals surface area contributed by atoms with Crippen LogP contribution in [0.4, 0.5) is 11.4 Å². The van der Waals surface area contributed by atoms with Crippen molar-refractivity contribution in [2.75, 3.05) is 22.6 Å². The molecule has 2 aromatic carbocycles. The van der Waals surface area contributed by atoms with E-state index < -0.39 is 5.25 Å². The van der Waals surface area contributed by atoms with Gasteiger partial charge in [-0.15, -0.1) is 11.8 Å². The van der Waals surface area contributed by atoms with Gasteiger partial charge >= 0.3 is 0 Å². The molecule has 0 aliphatic carbocycles. The number of nitrogens with one attached hydrogen (secondary N) is 1. The Labute approximate surface area is 191 Å². The van der Waals surface area contributed by atoms with Gasteiger partial charge in [0.15, 0.2) is 0 Å². The van der Waals surface area contributed by atoms with Gasteiger partial charge in [-0.2, -0.15) is 0 Å². The fraction of sp³-hybridized carbons (Fsp3) is 0.348. The summed E-state index contributed by atoms with van der Waals surface area (Å²) in [5.41, 5.74) is 3.06. The first-order valence-electron chi connectivity index (χ1n) is 10.1. The molecule has 0 aromatic heterocycles. The van der Waals surface area contributed by atoms with Crippen molar-refractivity contribution in [3.63, 3.8) is 0 Å². The summed E-state index contributed by atoms with van der Waals surface area (Å²) in [7, 11) is 0. The molecule has 3 amide bonds. The van der Waals surface area contributed by atoms with E-state index in [1.807, 2.05) is 26.8 Å². The van der Waals surface area contributed by atoms with Gasteiger partial charge in [-0.3, -0.25) is 14.4 Å². The molecule has 164 valence electrons. The van der Waals surface area contributed by atoms with Gasteiger partial charge in [-0.25, -0.2) is 4.90 Å². The van der Waals surface area contributed by atoms with Crippen LogP contribution >= 0.6 is 23.4 Å². The number of rotatable bonds is 8. The summed E-state index contributed by atoms with van der Waals surface area (Å²) in [6.45, 7) is 6.27. The number of thioether (sulfide) groups is 1. The van der Waals surface area contributed by atoms with E-state index in [0.29, 0.717) is 34.5 Å². The first kappa shape index (κ1) is 23.2. The molecule has 1 atom stereocenters. The minimum Gasteiger partial charge on any atom is -0.494 e. The van der Waals surface area contributed by atoms with Crippen molar-refractivity contribution < 1.29 is 19.1 Å². The fourth-order valence-corrected chi connectivity index (χ4v) is 4.90. The second-order valence-electron chi connectivity index (χ2n) is 7.29. The molecule has 0 saturated carbocycles. The maximum absolute atomic E-state index is 12.7. The Hall–Kier alpha value is -2.51. The Bertz CT molecular complexity index is 971. The van der Waals surface area contributed by atoms with Crippen LogP contribution in [-0.4, -0.2) is 35.3 Å². The lowest BCUT2D eigenvalue weighted by atomic mass is 10.1. The van der Waals surface area contributed by atoms with Crippen LogP contribution in [0.25, 0.3) is 0 Å². The Morgan fingerprint density at radius 1 is 1.23 bits per heavy atom. The Kier molecular flexibility index (Phi) is 7.62. The molecule has 1 fully saturated rings. The molecule has 1 aliphatic rings. The predicted octanol–water partition coefficient (Wildman–Crippen LogP) is 4.75. The van der Waals surface area contributed by atoms with Crippen LogP contribution in [0, 0.1) is 13.8 Å². The standard InChI is InChI=1S/C23H25ClN2O4S/c1-4-30-17-7-5-16(6-8-17)26-21(28)13-19(23(26)29)31-10-9-20(27)25-22-15(3)11-14(2)12-18(22)24/h5-8,11-12,19H,4,9-10,13H2,1-3H3,(H,25,27)/t19-/m0/s1. The number of amides is 3. The molecule has 1 saturated heterocycles. The smallest absolute Gasteiger partial charge is 0.247 e. The molecule has 1 heterocycles. The summed E-state index contributed by atoms with van der Waals surface area (Å²) < 4.78 is 5.40. The second kappa shape index (κ2) is 10.2. The van der Waals surface area contributed by atoms with Crippen molar-refractivity contribution in [3.8, 4) is 5.75 Å². The summed E-state index contributed by atoms with van der Waals surface area (Å²) in [6.07, 6.45) is 0.344. The van der Waals surface area contributed by atoms with Gasteiger partial charge in [-0.1, -0.05) is 17.7 Å². The average Bonchev–Trinajstić information content (AvgIpc) is 2.99. The molecule has 3 rings (SSSR count). The highest BCUT2D eigenvalue weighted by Crippen LogP contribution is 2.31. The van der Waals surface area contributed by atoms with Crippen molar-refractivity contribution in [1.82, 2.24) is 0 Å². The van der Waals surface area contributed by atoms with Crippen LogP contribution in [0.15, 0.2) is 36.4 Å². The Morgan fingerprint density at radius 2 is 1.94 bits per heavy atom. The zero-order valence-corrected chi connectivity index (χ0v) is 19.3. The minimum absolute atomic E-state index is 0.126. The molecule has 0 spiro atoms. The summed E-state index contributed by atoms with van der Waals surface area (Å²) in [5.74, 6) is 0.442. The number of halogens is 1. The van der Waals surface area contributed by atoms with Crippen LogP contribution in [-0.2, 0) is 14.4 Å². The lowest BCUT2D eigenvalue weighted by Gasteiger charge is -2.15. The fourth-order valence-electron chi connectivity index (χ4n) is 3.43. The number of carbonyl (C=O) groups excluding carboxylic acids is 3. The zero-order valence-electron chi connectivity index (χ0n) is 17.7. The molecule has 1 aliphatic heterocycles. The SMILES string of the molecule is CCOc1ccc(N2C(=O)C[C@H](SCCC(=O)Nc3c(C)cc(C)cc3Cl)C2=O)cc1. The Morgan fingerprint density at radius 3 is 2.58 bits per heavy atom. The van der Waals surface area contributed by atoms with E-state index in [1.54, 1.807) is 30.3 Å². The van der Waals surface area contributed by atoms with E-state index in [1.165, 1.54) is 16.7 Å². The van der Waals surface area contributed by atoms with Crippen molar-refractivity contribution in [3.05, 3.63) is 52.5 Å². The van der Waals surface area contributed by atoms with E-state index in [0.717, 1.165) is 11.1 Å².